The number of hydrogen-bond donors (Lipinski definition) is 1. The molecule has 0 radical (unpaired) electrons. The van der Waals surface area contributed by atoms with Gasteiger partial charge in [-0.15, -0.1) is 0 Å². The number of fused-ring (bicyclic) bond motifs is 3. The molecular weight excluding hydrogens is 380 g/mol. The number of hydrogen-bond acceptors (Lipinski definition) is 6. The van der Waals surface area contributed by atoms with Crippen LogP contribution in [0.5, 0.6) is 5.75 Å². The Hall–Kier alpha value is -3.19. The van der Waals surface area contributed by atoms with Crippen LogP contribution in [-0.2, 0) is 7.05 Å². The van der Waals surface area contributed by atoms with E-state index in [1.807, 2.05) is 25.1 Å². The average Bonchev–Trinajstić information content (AvgIpc) is 3.24. The standard InChI is InChI=1S/C23H26N4O3/c1-13(2)7-15(24)11-29-20-9-19-17(8-18(20)21-10-25-12-30-21)16-5-6-26-14(3)22(16)23(28)27(19)4/h5-6,8-10,12-13,15H,7,11,24H2,1-4H3/t15-/m0/s1. The summed E-state index contributed by atoms with van der Waals surface area (Å²) in [6, 6.07) is 5.65. The third-order valence-electron chi connectivity index (χ3n) is 5.33. The predicted molar refractivity (Wildman–Crippen MR) is 118 cm³/mol. The first-order valence-corrected chi connectivity index (χ1v) is 10.1. The first-order valence-electron chi connectivity index (χ1n) is 10.1. The van der Waals surface area contributed by atoms with E-state index in [0.717, 1.165) is 28.3 Å². The number of aryl methyl sites for hydroxylation is 2. The predicted octanol–water partition coefficient (Wildman–Crippen LogP) is 3.80. The molecular formula is C23H26N4O3. The Morgan fingerprint density at radius 3 is 2.77 bits per heavy atom. The van der Waals surface area contributed by atoms with Crippen LogP contribution in [0.15, 0.2) is 46.2 Å². The van der Waals surface area contributed by atoms with Gasteiger partial charge in [0.1, 0.15) is 12.4 Å². The maximum atomic E-state index is 13.0. The highest BCUT2D eigenvalue weighted by Gasteiger charge is 2.18. The molecule has 0 aliphatic rings. The summed E-state index contributed by atoms with van der Waals surface area (Å²) in [4.78, 5) is 21.4. The van der Waals surface area contributed by atoms with Gasteiger partial charge in [-0.3, -0.25) is 9.78 Å². The molecule has 0 unspecified atom stereocenters. The molecule has 0 fully saturated rings. The highest BCUT2D eigenvalue weighted by molar-refractivity contribution is 6.08. The molecule has 7 heteroatoms. The SMILES string of the molecule is Cc1nccc2c1c(=O)n(C)c1cc(OC[C@@H](N)CC(C)C)c(-c3cnco3)cc21. The van der Waals surface area contributed by atoms with Crippen LogP contribution >= 0.6 is 0 Å². The quantitative estimate of drug-likeness (QED) is 0.489. The maximum absolute atomic E-state index is 13.0. The van der Waals surface area contributed by atoms with Gasteiger partial charge in [-0.05, 0) is 36.8 Å². The van der Waals surface area contributed by atoms with E-state index in [1.54, 1.807) is 24.0 Å². The van der Waals surface area contributed by atoms with E-state index < -0.39 is 0 Å². The molecule has 0 amide bonds. The van der Waals surface area contributed by atoms with Crippen LogP contribution in [0.1, 0.15) is 26.0 Å². The van der Waals surface area contributed by atoms with Gasteiger partial charge in [0.05, 0.1) is 28.4 Å². The fourth-order valence-corrected chi connectivity index (χ4v) is 3.93. The highest BCUT2D eigenvalue weighted by Crippen LogP contribution is 2.36. The van der Waals surface area contributed by atoms with Crippen LogP contribution in [-0.4, -0.2) is 27.2 Å². The molecule has 0 aliphatic carbocycles. The Morgan fingerprint density at radius 1 is 1.27 bits per heavy atom. The van der Waals surface area contributed by atoms with Gasteiger partial charge in [-0.2, -0.15) is 0 Å². The maximum Gasteiger partial charge on any atom is 0.260 e. The summed E-state index contributed by atoms with van der Waals surface area (Å²) in [6.07, 6.45) is 5.63. The number of pyridine rings is 2. The lowest BCUT2D eigenvalue weighted by Gasteiger charge is -2.18. The molecule has 2 N–H and O–H groups in total. The van der Waals surface area contributed by atoms with Crippen LogP contribution in [0.3, 0.4) is 0 Å². The van der Waals surface area contributed by atoms with E-state index in [0.29, 0.717) is 35.1 Å². The van der Waals surface area contributed by atoms with Crippen molar-refractivity contribution in [1.29, 1.82) is 0 Å². The Labute approximate surface area is 174 Å². The first-order chi connectivity index (χ1) is 14.4. The molecule has 7 nitrogen and oxygen atoms in total. The minimum atomic E-state index is -0.0857. The molecule has 1 atom stereocenters. The second-order valence-corrected chi connectivity index (χ2v) is 8.11. The number of nitrogens with two attached hydrogens (primary N) is 1. The highest BCUT2D eigenvalue weighted by atomic mass is 16.5. The van der Waals surface area contributed by atoms with Crippen molar-refractivity contribution in [3.63, 3.8) is 0 Å². The number of rotatable bonds is 6. The van der Waals surface area contributed by atoms with Crippen molar-refractivity contribution in [3.8, 4) is 17.1 Å². The molecule has 3 aromatic heterocycles. The Morgan fingerprint density at radius 2 is 2.07 bits per heavy atom. The van der Waals surface area contributed by atoms with E-state index in [9.17, 15) is 4.79 Å². The van der Waals surface area contributed by atoms with Crippen molar-refractivity contribution in [2.75, 3.05) is 6.61 Å². The zero-order valence-electron chi connectivity index (χ0n) is 17.7. The van der Waals surface area contributed by atoms with Gasteiger partial charge in [-0.25, -0.2) is 4.98 Å². The molecule has 0 bridgehead atoms. The lowest BCUT2D eigenvalue weighted by atomic mass is 10.0. The smallest absolute Gasteiger partial charge is 0.260 e. The van der Waals surface area contributed by atoms with Gasteiger partial charge < -0.3 is 19.5 Å². The third-order valence-corrected chi connectivity index (χ3v) is 5.33. The monoisotopic (exact) mass is 406 g/mol. The van der Waals surface area contributed by atoms with Crippen molar-refractivity contribution < 1.29 is 9.15 Å². The van der Waals surface area contributed by atoms with Crippen molar-refractivity contribution in [2.24, 2.45) is 18.7 Å². The van der Waals surface area contributed by atoms with E-state index in [-0.39, 0.29) is 11.6 Å². The molecule has 1 aromatic carbocycles. The summed E-state index contributed by atoms with van der Waals surface area (Å²) in [6.45, 7) is 6.48. The summed E-state index contributed by atoms with van der Waals surface area (Å²) >= 11 is 0. The van der Waals surface area contributed by atoms with Gasteiger partial charge in [0.25, 0.3) is 5.56 Å². The van der Waals surface area contributed by atoms with Crippen LogP contribution in [0.4, 0.5) is 0 Å². The van der Waals surface area contributed by atoms with Crippen molar-refractivity contribution in [2.45, 2.75) is 33.2 Å². The van der Waals surface area contributed by atoms with Gasteiger partial charge in [0.15, 0.2) is 12.2 Å². The summed E-state index contributed by atoms with van der Waals surface area (Å²) in [5.74, 6) is 1.69. The lowest BCUT2D eigenvalue weighted by Crippen LogP contribution is -2.29. The van der Waals surface area contributed by atoms with Crippen LogP contribution < -0.4 is 16.0 Å². The fraction of sp³-hybridized carbons (Fsp3) is 0.348. The molecule has 0 saturated heterocycles. The van der Waals surface area contributed by atoms with Crippen LogP contribution in [0.25, 0.3) is 33.0 Å². The molecule has 30 heavy (non-hydrogen) atoms. The normalized spacial score (nSPS) is 12.7. The van der Waals surface area contributed by atoms with Crippen molar-refractivity contribution in [1.82, 2.24) is 14.5 Å². The summed E-state index contributed by atoms with van der Waals surface area (Å²) in [5, 5.41) is 2.39. The van der Waals surface area contributed by atoms with Crippen molar-refractivity contribution in [3.05, 3.63) is 53.0 Å². The Bertz CT molecular complexity index is 1260. The van der Waals surface area contributed by atoms with Gasteiger partial charge in [0.2, 0.25) is 0 Å². The van der Waals surface area contributed by atoms with E-state index in [4.69, 9.17) is 14.9 Å². The molecule has 0 aliphatic heterocycles. The molecule has 0 spiro atoms. The van der Waals surface area contributed by atoms with Gasteiger partial charge >= 0.3 is 0 Å². The molecule has 3 heterocycles. The third kappa shape index (κ3) is 3.57. The number of oxazole rings is 1. The number of nitrogens with zero attached hydrogens (tertiary/aromatic N) is 3. The Kier molecular flexibility index (Phi) is 5.30. The fourth-order valence-electron chi connectivity index (χ4n) is 3.93. The lowest BCUT2D eigenvalue weighted by molar-refractivity contribution is 0.271. The minimum Gasteiger partial charge on any atom is -0.491 e. The second-order valence-electron chi connectivity index (χ2n) is 8.11. The summed E-state index contributed by atoms with van der Waals surface area (Å²) in [5.41, 5.74) is 8.39. The number of ether oxygens (including phenoxy) is 1. The first kappa shape index (κ1) is 20.1. The Balaban J connectivity index is 1.93. The molecule has 4 aromatic rings. The van der Waals surface area contributed by atoms with Crippen molar-refractivity contribution >= 4 is 21.7 Å². The van der Waals surface area contributed by atoms with Gasteiger partial charge in [0, 0.05) is 30.7 Å². The van der Waals surface area contributed by atoms with E-state index in [1.165, 1.54) is 6.39 Å². The topological polar surface area (TPSA) is 96.2 Å². The van der Waals surface area contributed by atoms with Crippen LogP contribution in [0.2, 0.25) is 0 Å². The summed E-state index contributed by atoms with van der Waals surface area (Å²) < 4.78 is 13.3. The van der Waals surface area contributed by atoms with Crippen LogP contribution in [0, 0.1) is 12.8 Å². The van der Waals surface area contributed by atoms with E-state index in [2.05, 4.69) is 23.8 Å². The molecule has 156 valence electrons. The van der Waals surface area contributed by atoms with E-state index >= 15 is 0 Å². The molecule has 0 saturated carbocycles. The number of aromatic nitrogens is 3. The average molecular weight is 406 g/mol. The summed E-state index contributed by atoms with van der Waals surface area (Å²) in [7, 11) is 1.76. The number of benzene rings is 1. The minimum absolute atomic E-state index is 0.0852. The second kappa shape index (κ2) is 7.91. The largest absolute Gasteiger partial charge is 0.491 e. The molecule has 4 rings (SSSR count). The zero-order valence-corrected chi connectivity index (χ0v) is 17.7. The zero-order chi connectivity index (χ0) is 21.4. The van der Waals surface area contributed by atoms with Gasteiger partial charge in [-0.1, -0.05) is 13.8 Å².